The molecule has 0 bridgehead atoms. The molecule has 1 aromatic carbocycles. The molecule has 1 atom stereocenters. The van der Waals surface area contributed by atoms with Gasteiger partial charge in [-0.25, -0.2) is 0 Å². The van der Waals surface area contributed by atoms with E-state index in [1.165, 1.54) is 16.8 Å². The number of aromatic nitrogens is 2. The Kier molecular flexibility index (Phi) is 3.82. The van der Waals surface area contributed by atoms with Crippen molar-refractivity contribution in [3.05, 3.63) is 52.8 Å². The second-order valence-electron chi connectivity index (χ2n) is 4.74. The molecule has 3 heteroatoms. The van der Waals surface area contributed by atoms with E-state index >= 15 is 0 Å². The summed E-state index contributed by atoms with van der Waals surface area (Å²) in [5.41, 5.74) is 10.9. The first kappa shape index (κ1) is 12.8. The van der Waals surface area contributed by atoms with Crippen LogP contribution < -0.4 is 5.73 Å². The smallest absolute Gasteiger partial charge is 0.0662 e. The van der Waals surface area contributed by atoms with E-state index in [0.717, 1.165) is 18.7 Å². The fourth-order valence-corrected chi connectivity index (χ4v) is 2.36. The van der Waals surface area contributed by atoms with Gasteiger partial charge in [-0.1, -0.05) is 37.3 Å². The maximum atomic E-state index is 6.15. The highest BCUT2D eigenvalue weighted by Crippen LogP contribution is 2.22. The number of hydrogen-bond acceptors (Lipinski definition) is 2. The molecule has 0 aliphatic carbocycles. The summed E-state index contributed by atoms with van der Waals surface area (Å²) in [6.07, 6.45) is 0.943. The monoisotopic (exact) mass is 243 g/mol. The van der Waals surface area contributed by atoms with Gasteiger partial charge in [-0.2, -0.15) is 5.10 Å². The van der Waals surface area contributed by atoms with Crippen molar-refractivity contribution in [3.8, 4) is 0 Å². The third-order valence-electron chi connectivity index (χ3n) is 3.42. The molecule has 3 nitrogen and oxygen atoms in total. The van der Waals surface area contributed by atoms with Gasteiger partial charge in [0.15, 0.2) is 0 Å². The minimum absolute atomic E-state index is 0.0922. The Hall–Kier alpha value is -1.61. The van der Waals surface area contributed by atoms with Crippen LogP contribution in [-0.2, 0) is 6.54 Å². The Balaban J connectivity index is 2.30. The van der Waals surface area contributed by atoms with Crippen molar-refractivity contribution in [2.75, 3.05) is 0 Å². The van der Waals surface area contributed by atoms with Gasteiger partial charge in [0.25, 0.3) is 0 Å². The number of benzene rings is 1. The predicted molar refractivity (Wildman–Crippen MR) is 74.5 cm³/mol. The molecule has 0 fully saturated rings. The Morgan fingerprint density at radius 1 is 1.22 bits per heavy atom. The minimum Gasteiger partial charge on any atom is -0.324 e. The topological polar surface area (TPSA) is 43.8 Å². The summed E-state index contributed by atoms with van der Waals surface area (Å²) in [5.74, 6) is 0. The molecule has 0 aliphatic heterocycles. The summed E-state index contributed by atoms with van der Waals surface area (Å²) in [4.78, 5) is 0. The van der Waals surface area contributed by atoms with E-state index in [2.05, 4.69) is 47.9 Å². The molecular weight excluding hydrogens is 222 g/mol. The second kappa shape index (κ2) is 5.36. The molecule has 0 saturated heterocycles. The van der Waals surface area contributed by atoms with Crippen LogP contribution in [0.5, 0.6) is 0 Å². The van der Waals surface area contributed by atoms with Crippen LogP contribution in [0.1, 0.15) is 41.9 Å². The Bertz CT molecular complexity index is 514. The zero-order valence-electron chi connectivity index (χ0n) is 11.4. The fraction of sp³-hybridized carbons (Fsp3) is 0.400. The van der Waals surface area contributed by atoms with Gasteiger partial charge in [0.2, 0.25) is 0 Å². The number of nitrogens with zero attached hydrogens (tertiary/aromatic N) is 2. The zero-order chi connectivity index (χ0) is 13.1. The third kappa shape index (κ3) is 2.46. The molecule has 1 heterocycles. The Morgan fingerprint density at radius 3 is 2.50 bits per heavy atom. The molecule has 1 aromatic heterocycles. The van der Waals surface area contributed by atoms with Crippen LogP contribution in [0.25, 0.3) is 0 Å². The van der Waals surface area contributed by atoms with Gasteiger partial charge in [-0.3, -0.25) is 4.68 Å². The summed E-state index contributed by atoms with van der Waals surface area (Å²) >= 11 is 0. The van der Waals surface area contributed by atoms with Gasteiger partial charge >= 0.3 is 0 Å². The summed E-state index contributed by atoms with van der Waals surface area (Å²) in [6, 6.07) is 10.5. The van der Waals surface area contributed by atoms with Crippen LogP contribution in [0.4, 0.5) is 0 Å². The van der Waals surface area contributed by atoms with E-state index < -0.39 is 0 Å². The van der Waals surface area contributed by atoms with Crippen LogP contribution in [-0.4, -0.2) is 9.78 Å². The first-order valence-electron chi connectivity index (χ1n) is 6.47. The molecule has 2 rings (SSSR count). The van der Waals surface area contributed by atoms with Crippen LogP contribution in [0.2, 0.25) is 0 Å². The summed E-state index contributed by atoms with van der Waals surface area (Å²) in [7, 11) is 0. The highest BCUT2D eigenvalue weighted by atomic mass is 15.3. The third-order valence-corrected chi connectivity index (χ3v) is 3.42. The molecule has 0 radical (unpaired) electrons. The van der Waals surface area contributed by atoms with E-state index in [-0.39, 0.29) is 6.04 Å². The predicted octanol–water partition coefficient (Wildman–Crippen LogP) is 2.96. The standard InChI is InChI=1S/C15H21N3/c1-4-14(16)15-11(2)17-18(12(15)3)10-13-8-6-5-7-9-13/h5-9,14H,4,10,16H2,1-3H3. The molecule has 0 saturated carbocycles. The first-order chi connectivity index (χ1) is 8.63. The Labute approximate surface area is 109 Å². The van der Waals surface area contributed by atoms with Gasteiger partial charge in [0.1, 0.15) is 0 Å². The lowest BCUT2D eigenvalue weighted by Crippen LogP contribution is -2.11. The molecule has 96 valence electrons. The first-order valence-corrected chi connectivity index (χ1v) is 6.47. The van der Waals surface area contributed by atoms with Crippen molar-refractivity contribution in [1.29, 1.82) is 0 Å². The average molecular weight is 243 g/mol. The normalized spacial score (nSPS) is 12.7. The molecule has 18 heavy (non-hydrogen) atoms. The molecule has 1 unspecified atom stereocenters. The van der Waals surface area contributed by atoms with E-state index in [1.54, 1.807) is 0 Å². The largest absolute Gasteiger partial charge is 0.324 e. The Morgan fingerprint density at radius 2 is 1.89 bits per heavy atom. The van der Waals surface area contributed by atoms with E-state index in [4.69, 9.17) is 5.73 Å². The van der Waals surface area contributed by atoms with Crippen LogP contribution in [0, 0.1) is 13.8 Å². The quantitative estimate of drug-likeness (QED) is 0.897. The molecule has 2 aromatic rings. The molecule has 2 N–H and O–H groups in total. The molecule has 0 amide bonds. The maximum Gasteiger partial charge on any atom is 0.0662 e. The van der Waals surface area contributed by atoms with Crippen LogP contribution >= 0.6 is 0 Å². The van der Waals surface area contributed by atoms with E-state index in [9.17, 15) is 0 Å². The SMILES string of the molecule is CCC(N)c1c(C)nn(Cc2ccccc2)c1C. The molecule has 0 aliphatic rings. The molecule has 0 spiro atoms. The van der Waals surface area contributed by atoms with Crippen molar-refractivity contribution in [2.24, 2.45) is 5.73 Å². The lowest BCUT2D eigenvalue weighted by Gasteiger charge is -2.10. The highest BCUT2D eigenvalue weighted by Gasteiger charge is 2.16. The van der Waals surface area contributed by atoms with Crippen LogP contribution in [0.3, 0.4) is 0 Å². The van der Waals surface area contributed by atoms with Gasteiger partial charge < -0.3 is 5.73 Å². The number of rotatable bonds is 4. The van der Waals surface area contributed by atoms with Gasteiger partial charge in [-0.15, -0.1) is 0 Å². The summed E-state index contributed by atoms with van der Waals surface area (Å²) in [6.45, 7) is 7.06. The lowest BCUT2D eigenvalue weighted by atomic mass is 10.0. The van der Waals surface area contributed by atoms with Crippen molar-refractivity contribution >= 4 is 0 Å². The number of aryl methyl sites for hydroxylation is 1. The van der Waals surface area contributed by atoms with Gasteiger partial charge in [0, 0.05) is 17.3 Å². The van der Waals surface area contributed by atoms with Crippen LogP contribution in [0.15, 0.2) is 30.3 Å². The average Bonchev–Trinajstić information content (AvgIpc) is 2.65. The summed E-state index contributed by atoms with van der Waals surface area (Å²) in [5, 5.41) is 4.61. The minimum atomic E-state index is 0.0922. The maximum absolute atomic E-state index is 6.15. The molecular formula is C15H21N3. The highest BCUT2D eigenvalue weighted by molar-refractivity contribution is 5.29. The van der Waals surface area contributed by atoms with Crippen molar-refractivity contribution in [2.45, 2.75) is 39.8 Å². The zero-order valence-corrected chi connectivity index (χ0v) is 11.4. The second-order valence-corrected chi connectivity index (χ2v) is 4.74. The van der Waals surface area contributed by atoms with Gasteiger partial charge in [-0.05, 0) is 25.8 Å². The van der Waals surface area contributed by atoms with Crippen molar-refractivity contribution in [3.63, 3.8) is 0 Å². The lowest BCUT2D eigenvalue weighted by molar-refractivity contribution is 0.650. The van der Waals surface area contributed by atoms with Gasteiger partial charge in [0.05, 0.1) is 12.2 Å². The summed E-state index contributed by atoms with van der Waals surface area (Å²) < 4.78 is 2.05. The van der Waals surface area contributed by atoms with Crippen molar-refractivity contribution < 1.29 is 0 Å². The number of hydrogen-bond donors (Lipinski definition) is 1. The number of nitrogens with two attached hydrogens (primary N) is 1. The van der Waals surface area contributed by atoms with E-state index in [1.807, 2.05) is 13.0 Å². The van der Waals surface area contributed by atoms with Crippen molar-refractivity contribution in [1.82, 2.24) is 9.78 Å². The fourth-order valence-electron chi connectivity index (χ4n) is 2.36. The van der Waals surface area contributed by atoms with E-state index in [0.29, 0.717) is 0 Å².